The highest BCUT2D eigenvalue weighted by Crippen LogP contribution is 2.26. The Hall–Kier alpha value is -2.31. The summed E-state index contributed by atoms with van der Waals surface area (Å²) >= 11 is 0. The number of aromatic nitrogens is 4. The predicted molar refractivity (Wildman–Crippen MR) is 95.0 cm³/mol. The number of hydrogen-bond donors (Lipinski definition) is 1. The number of aliphatic imine (C=N–C) groups is 1. The number of nitrogens with one attached hydrogen (secondary N) is 1. The van der Waals surface area contributed by atoms with Crippen molar-refractivity contribution in [2.75, 3.05) is 26.7 Å². The monoisotopic (exact) mass is 329 g/mol. The lowest BCUT2D eigenvalue weighted by Crippen LogP contribution is -2.40. The molecule has 0 amide bonds. The molecule has 1 unspecified atom stereocenters. The average molecular weight is 329 g/mol. The predicted octanol–water partition coefficient (Wildman–Crippen LogP) is 1.15. The maximum atomic E-state index is 4.45. The van der Waals surface area contributed by atoms with E-state index >= 15 is 0 Å². The first-order valence-electron chi connectivity index (χ1n) is 8.57. The van der Waals surface area contributed by atoms with Crippen LogP contribution in [0.4, 0.5) is 0 Å². The minimum Gasteiger partial charge on any atom is -0.356 e. The normalized spacial score (nSPS) is 18.4. The zero-order valence-corrected chi connectivity index (χ0v) is 14.8. The molecule has 0 aromatic carbocycles. The Kier molecular flexibility index (Phi) is 5.17. The van der Waals surface area contributed by atoms with Crippen LogP contribution in [-0.4, -0.2) is 57.1 Å². The molecular formula is C17H27N7. The minimum atomic E-state index is 0.549. The van der Waals surface area contributed by atoms with Crippen molar-refractivity contribution in [3.63, 3.8) is 0 Å². The second kappa shape index (κ2) is 7.51. The van der Waals surface area contributed by atoms with Crippen LogP contribution in [-0.2, 0) is 20.5 Å². The molecule has 1 saturated heterocycles. The molecule has 0 radical (unpaired) electrons. The molecule has 1 atom stereocenters. The van der Waals surface area contributed by atoms with Gasteiger partial charge in [0.15, 0.2) is 5.96 Å². The maximum Gasteiger partial charge on any atom is 0.193 e. The van der Waals surface area contributed by atoms with Crippen molar-refractivity contribution >= 4 is 5.96 Å². The second-order valence-corrected chi connectivity index (χ2v) is 6.48. The summed E-state index contributed by atoms with van der Waals surface area (Å²) in [5.41, 5.74) is 2.61. The summed E-state index contributed by atoms with van der Waals surface area (Å²) in [6, 6.07) is 0. The van der Waals surface area contributed by atoms with Crippen molar-refractivity contribution in [3.05, 3.63) is 35.9 Å². The standard InChI is InChI=1S/C17H27N7/c1-18-17(19-7-4-5-14-9-20-22(2)11-14)24-8-6-15(13-24)16-10-21-23(3)12-16/h9-12,15H,4-8,13H2,1-3H3,(H,18,19). The van der Waals surface area contributed by atoms with Crippen LogP contribution in [0.25, 0.3) is 0 Å². The first-order valence-corrected chi connectivity index (χ1v) is 8.57. The molecule has 130 valence electrons. The molecule has 0 saturated carbocycles. The van der Waals surface area contributed by atoms with E-state index in [0.29, 0.717) is 5.92 Å². The molecule has 1 aliphatic heterocycles. The number of nitrogens with zero attached hydrogens (tertiary/aromatic N) is 6. The van der Waals surface area contributed by atoms with E-state index in [0.717, 1.165) is 44.9 Å². The number of aryl methyl sites for hydroxylation is 3. The first-order chi connectivity index (χ1) is 11.7. The summed E-state index contributed by atoms with van der Waals surface area (Å²) in [7, 11) is 5.79. The summed E-state index contributed by atoms with van der Waals surface area (Å²) in [4.78, 5) is 6.80. The van der Waals surface area contributed by atoms with E-state index in [4.69, 9.17) is 0 Å². The lowest BCUT2D eigenvalue weighted by atomic mass is 10.0. The third-order valence-electron chi connectivity index (χ3n) is 4.58. The third-order valence-corrected chi connectivity index (χ3v) is 4.58. The van der Waals surface area contributed by atoms with Crippen molar-refractivity contribution in [2.45, 2.75) is 25.2 Å². The highest BCUT2D eigenvalue weighted by molar-refractivity contribution is 5.80. The Morgan fingerprint density at radius 1 is 1.25 bits per heavy atom. The molecule has 1 aliphatic rings. The minimum absolute atomic E-state index is 0.549. The fraction of sp³-hybridized carbons (Fsp3) is 0.588. The van der Waals surface area contributed by atoms with Gasteiger partial charge in [-0.2, -0.15) is 10.2 Å². The van der Waals surface area contributed by atoms with Crippen molar-refractivity contribution in [3.8, 4) is 0 Å². The van der Waals surface area contributed by atoms with E-state index in [1.165, 1.54) is 11.1 Å². The third kappa shape index (κ3) is 3.96. The summed E-state index contributed by atoms with van der Waals surface area (Å²) < 4.78 is 3.73. The van der Waals surface area contributed by atoms with Gasteiger partial charge in [-0.25, -0.2) is 0 Å². The van der Waals surface area contributed by atoms with E-state index in [2.05, 4.69) is 37.8 Å². The molecule has 3 heterocycles. The van der Waals surface area contributed by atoms with Gasteiger partial charge in [0.05, 0.1) is 12.4 Å². The Morgan fingerprint density at radius 3 is 2.71 bits per heavy atom. The van der Waals surface area contributed by atoms with Crippen molar-refractivity contribution < 1.29 is 0 Å². The van der Waals surface area contributed by atoms with Gasteiger partial charge in [0.2, 0.25) is 0 Å². The van der Waals surface area contributed by atoms with Crippen molar-refractivity contribution in [2.24, 2.45) is 19.1 Å². The SMILES string of the molecule is CN=C(NCCCc1cnn(C)c1)N1CCC(c2cnn(C)c2)C1. The number of likely N-dealkylation sites (tertiary alicyclic amines) is 1. The number of guanidine groups is 1. The molecule has 7 heteroatoms. The number of rotatable bonds is 5. The van der Waals surface area contributed by atoms with Gasteiger partial charge in [-0.15, -0.1) is 0 Å². The molecule has 2 aromatic heterocycles. The van der Waals surface area contributed by atoms with E-state index < -0.39 is 0 Å². The Balaban J connectivity index is 1.45. The van der Waals surface area contributed by atoms with Crippen LogP contribution in [0.1, 0.15) is 29.9 Å². The highest BCUT2D eigenvalue weighted by atomic mass is 15.3. The van der Waals surface area contributed by atoms with Gasteiger partial charge < -0.3 is 10.2 Å². The van der Waals surface area contributed by atoms with Crippen LogP contribution >= 0.6 is 0 Å². The van der Waals surface area contributed by atoms with Gasteiger partial charge in [-0.05, 0) is 30.4 Å². The van der Waals surface area contributed by atoms with Crippen molar-refractivity contribution in [1.29, 1.82) is 0 Å². The van der Waals surface area contributed by atoms with Gasteiger partial charge >= 0.3 is 0 Å². The van der Waals surface area contributed by atoms with E-state index in [-0.39, 0.29) is 0 Å². The van der Waals surface area contributed by atoms with Gasteiger partial charge in [0.25, 0.3) is 0 Å². The lowest BCUT2D eigenvalue weighted by Gasteiger charge is -2.21. The number of hydrogen-bond acceptors (Lipinski definition) is 3. The van der Waals surface area contributed by atoms with E-state index in [9.17, 15) is 0 Å². The molecule has 0 aliphatic carbocycles. The van der Waals surface area contributed by atoms with Gasteiger partial charge in [-0.3, -0.25) is 14.4 Å². The van der Waals surface area contributed by atoms with Crippen LogP contribution in [0.15, 0.2) is 29.8 Å². The zero-order chi connectivity index (χ0) is 16.9. The molecule has 3 rings (SSSR count). The molecule has 0 bridgehead atoms. The zero-order valence-electron chi connectivity index (χ0n) is 14.8. The van der Waals surface area contributed by atoms with Crippen LogP contribution in [0.3, 0.4) is 0 Å². The van der Waals surface area contributed by atoms with Crippen LogP contribution in [0.5, 0.6) is 0 Å². The first kappa shape index (κ1) is 16.5. The summed E-state index contributed by atoms with van der Waals surface area (Å²) in [5.74, 6) is 1.56. The molecule has 1 N–H and O–H groups in total. The van der Waals surface area contributed by atoms with Crippen LogP contribution in [0.2, 0.25) is 0 Å². The molecule has 1 fully saturated rings. The van der Waals surface area contributed by atoms with Crippen LogP contribution < -0.4 is 5.32 Å². The fourth-order valence-electron chi connectivity index (χ4n) is 3.30. The second-order valence-electron chi connectivity index (χ2n) is 6.48. The smallest absolute Gasteiger partial charge is 0.193 e. The van der Waals surface area contributed by atoms with E-state index in [1.54, 1.807) is 0 Å². The maximum absolute atomic E-state index is 4.45. The molecule has 7 nitrogen and oxygen atoms in total. The Morgan fingerprint density at radius 2 is 2.04 bits per heavy atom. The molecule has 0 spiro atoms. The molecule has 24 heavy (non-hydrogen) atoms. The largest absolute Gasteiger partial charge is 0.356 e. The summed E-state index contributed by atoms with van der Waals surface area (Å²) in [5, 5.41) is 12.0. The van der Waals surface area contributed by atoms with Crippen LogP contribution in [0, 0.1) is 0 Å². The van der Waals surface area contributed by atoms with Gasteiger partial charge in [-0.1, -0.05) is 0 Å². The molecule has 2 aromatic rings. The Bertz CT molecular complexity index is 685. The lowest BCUT2D eigenvalue weighted by molar-refractivity contribution is 0.485. The van der Waals surface area contributed by atoms with Crippen molar-refractivity contribution in [1.82, 2.24) is 29.8 Å². The summed E-state index contributed by atoms with van der Waals surface area (Å²) in [6.07, 6.45) is 11.4. The highest BCUT2D eigenvalue weighted by Gasteiger charge is 2.26. The quantitative estimate of drug-likeness (QED) is 0.508. The topological polar surface area (TPSA) is 63.3 Å². The summed E-state index contributed by atoms with van der Waals surface area (Å²) in [6.45, 7) is 2.98. The fourth-order valence-corrected chi connectivity index (χ4v) is 3.30. The van der Waals surface area contributed by atoms with Gasteiger partial charge in [0.1, 0.15) is 0 Å². The van der Waals surface area contributed by atoms with E-state index in [1.807, 2.05) is 42.9 Å². The van der Waals surface area contributed by atoms with Gasteiger partial charge in [0, 0.05) is 59.1 Å². The molecular weight excluding hydrogens is 302 g/mol. The Labute approximate surface area is 143 Å². The average Bonchev–Trinajstić information content (AvgIpc) is 3.29.